The van der Waals surface area contributed by atoms with Crippen molar-refractivity contribution in [2.75, 3.05) is 44.3 Å². The second kappa shape index (κ2) is 8.85. The van der Waals surface area contributed by atoms with Crippen LogP contribution in [-0.2, 0) is 9.53 Å². The van der Waals surface area contributed by atoms with Crippen molar-refractivity contribution in [3.05, 3.63) is 52.4 Å². The van der Waals surface area contributed by atoms with Gasteiger partial charge in [0.1, 0.15) is 13.1 Å². The van der Waals surface area contributed by atoms with E-state index < -0.39 is 4.92 Å². The van der Waals surface area contributed by atoms with E-state index in [9.17, 15) is 14.9 Å². The second-order valence-corrected chi connectivity index (χ2v) is 6.99. The summed E-state index contributed by atoms with van der Waals surface area (Å²) >= 11 is 1.37. The number of aromatic nitrogens is 1. The number of amides is 1. The molecule has 0 bridgehead atoms. The van der Waals surface area contributed by atoms with E-state index in [0.717, 1.165) is 18.7 Å². The third-order valence-corrected chi connectivity index (χ3v) is 5.17. The number of non-ortho nitro benzene ring substituents is 1. The van der Waals surface area contributed by atoms with Gasteiger partial charge in [0.05, 0.1) is 23.8 Å². The first-order chi connectivity index (χ1) is 13.1. The predicted octanol–water partition coefficient (Wildman–Crippen LogP) is 1.15. The number of nitro groups is 1. The fourth-order valence-electron chi connectivity index (χ4n) is 2.84. The number of quaternary nitrogens is 1. The lowest BCUT2D eigenvalue weighted by Gasteiger charge is -2.25. The van der Waals surface area contributed by atoms with Gasteiger partial charge >= 0.3 is 0 Å². The topological polar surface area (TPSA) is 90.0 Å². The molecular formula is C18H21N4O4S+. The molecule has 1 N–H and O–H groups in total. The zero-order valence-corrected chi connectivity index (χ0v) is 15.6. The van der Waals surface area contributed by atoms with Crippen LogP contribution in [0.1, 0.15) is 0 Å². The molecule has 1 aromatic carbocycles. The van der Waals surface area contributed by atoms with Crippen molar-refractivity contribution in [3.8, 4) is 11.3 Å². The van der Waals surface area contributed by atoms with E-state index in [1.54, 1.807) is 23.1 Å². The van der Waals surface area contributed by atoms with E-state index in [-0.39, 0.29) is 11.6 Å². The van der Waals surface area contributed by atoms with Gasteiger partial charge in [0.2, 0.25) is 0 Å². The van der Waals surface area contributed by atoms with Crippen LogP contribution in [0.15, 0.2) is 42.3 Å². The zero-order valence-electron chi connectivity index (χ0n) is 14.8. The summed E-state index contributed by atoms with van der Waals surface area (Å²) in [7, 11) is 0. The Kier molecular flexibility index (Phi) is 6.28. The summed E-state index contributed by atoms with van der Waals surface area (Å²) in [5, 5.41) is 13.2. The first-order valence-electron chi connectivity index (χ1n) is 8.61. The first-order valence-corrected chi connectivity index (χ1v) is 9.49. The smallest absolute Gasteiger partial charge is 0.284 e. The highest BCUT2D eigenvalue weighted by Crippen LogP contribution is 2.28. The molecule has 0 saturated carbocycles. The molecule has 1 fully saturated rings. The van der Waals surface area contributed by atoms with Gasteiger partial charge in [-0.25, -0.2) is 4.98 Å². The standard InChI is InChI=1S/C18H20N4O4S/c1-2-7-21(17(23)12-20-8-10-26-11-9-20)18-19-16(13-27-18)14-3-5-15(6-4-14)22(24)25/h2-6,13H,1,7-12H2/p+1. The molecule has 2 heterocycles. The zero-order chi connectivity index (χ0) is 19.2. The van der Waals surface area contributed by atoms with Gasteiger partial charge in [0.15, 0.2) is 11.7 Å². The Labute approximate surface area is 160 Å². The van der Waals surface area contributed by atoms with Crippen LogP contribution < -0.4 is 9.80 Å². The van der Waals surface area contributed by atoms with E-state index in [1.165, 1.54) is 28.4 Å². The lowest BCUT2D eigenvalue weighted by atomic mass is 10.1. The van der Waals surface area contributed by atoms with Crippen LogP contribution in [0.2, 0.25) is 0 Å². The maximum Gasteiger partial charge on any atom is 0.284 e. The molecule has 3 rings (SSSR count). The maximum absolute atomic E-state index is 12.8. The number of ether oxygens (including phenoxy) is 1. The minimum atomic E-state index is -0.436. The van der Waals surface area contributed by atoms with E-state index in [1.807, 2.05) is 5.38 Å². The van der Waals surface area contributed by atoms with Gasteiger partial charge in [-0.2, -0.15) is 0 Å². The Morgan fingerprint density at radius 1 is 1.37 bits per heavy atom. The minimum Gasteiger partial charge on any atom is -0.370 e. The largest absolute Gasteiger partial charge is 0.370 e. The fraction of sp³-hybridized carbons (Fsp3) is 0.333. The summed E-state index contributed by atoms with van der Waals surface area (Å²) in [4.78, 5) is 30.5. The number of nitrogens with one attached hydrogen (secondary N) is 1. The summed E-state index contributed by atoms with van der Waals surface area (Å²) in [6.45, 7) is 7.50. The molecule has 1 aliphatic heterocycles. The lowest BCUT2D eigenvalue weighted by Crippen LogP contribution is -3.15. The molecule has 8 nitrogen and oxygen atoms in total. The average Bonchev–Trinajstić information content (AvgIpc) is 3.16. The molecule has 2 aromatic rings. The molecule has 0 spiro atoms. The molecule has 0 unspecified atom stereocenters. The van der Waals surface area contributed by atoms with E-state index >= 15 is 0 Å². The number of hydrogen-bond donors (Lipinski definition) is 1. The van der Waals surface area contributed by atoms with Gasteiger partial charge < -0.3 is 9.64 Å². The summed E-state index contributed by atoms with van der Waals surface area (Å²) in [5.41, 5.74) is 1.49. The molecule has 0 radical (unpaired) electrons. The lowest BCUT2D eigenvalue weighted by molar-refractivity contribution is -0.900. The Hall–Kier alpha value is -2.62. The normalized spacial score (nSPS) is 14.7. The van der Waals surface area contributed by atoms with Crippen LogP contribution in [0.5, 0.6) is 0 Å². The Balaban J connectivity index is 1.75. The first kappa shape index (κ1) is 19.2. The molecule has 0 aliphatic carbocycles. The number of carbonyl (C=O) groups is 1. The van der Waals surface area contributed by atoms with Crippen LogP contribution in [0.3, 0.4) is 0 Å². The summed E-state index contributed by atoms with van der Waals surface area (Å²) < 4.78 is 5.34. The number of nitro benzene ring substituents is 1. The van der Waals surface area contributed by atoms with Gasteiger partial charge in [0.25, 0.3) is 11.6 Å². The van der Waals surface area contributed by atoms with Crippen molar-refractivity contribution in [2.45, 2.75) is 0 Å². The van der Waals surface area contributed by atoms with Crippen molar-refractivity contribution < 1.29 is 19.4 Å². The average molecular weight is 389 g/mol. The summed E-state index contributed by atoms with van der Waals surface area (Å²) in [6, 6.07) is 6.22. The van der Waals surface area contributed by atoms with Crippen LogP contribution in [0, 0.1) is 10.1 Å². The van der Waals surface area contributed by atoms with E-state index in [0.29, 0.717) is 37.1 Å². The molecule has 0 atom stereocenters. The molecule has 1 aliphatic rings. The molecule has 27 heavy (non-hydrogen) atoms. The number of morpholine rings is 1. The molecule has 142 valence electrons. The Morgan fingerprint density at radius 3 is 2.70 bits per heavy atom. The number of hydrogen-bond acceptors (Lipinski definition) is 6. The Morgan fingerprint density at radius 2 is 2.07 bits per heavy atom. The van der Waals surface area contributed by atoms with E-state index in [4.69, 9.17) is 4.74 Å². The van der Waals surface area contributed by atoms with Crippen LogP contribution >= 0.6 is 11.3 Å². The Bertz CT molecular complexity index is 815. The maximum atomic E-state index is 12.8. The summed E-state index contributed by atoms with van der Waals surface area (Å²) in [6.07, 6.45) is 1.68. The molecular weight excluding hydrogens is 368 g/mol. The number of anilines is 1. The number of benzene rings is 1. The number of thiazole rings is 1. The highest BCUT2D eigenvalue weighted by molar-refractivity contribution is 7.14. The molecule has 1 aromatic heterocycles. The summed E-state index contributed by atoms with van der Waals surface area (Å²) in [5.74, 6) is -0.00333. The van der Waals surface area contributed by atoms with Crippen molar-refractivity contribution in [1.29, 1.82) is 0 Å². The van der Waals surface area contributed by atoms with Crippen molar-refractivity contribution in [2.24, 2.45) is 0 Å². The highest BCUT2D eigenvalue weighted by Gasteiger charge is 2.24. The highest BCUT2D eigenvalue weighted by atomic mass is 32.1. The minimum absolute atomic E-state index is 0.00333. The second-order valence-electron chi connectivity index (χ2n) is 6.15. The molecule has 1 saturated heterocycles. The third-order valence-electron chi connectivity index (χ3n) is 4.31. The van der Waals surface area contributed by atoms with Gasteiger partial charge in [-0.3, -0.25) is 19.8 Å². The fourth-order valence-corrected chi connectivity index (χ4v) is 3.70. The van der Waals surface area contributed by atoms with Gasteiger partial charge in [-0.1, -0.05) is 6.08 Å². The number of nitrogens with zero attached hydrogens (tertiary/aromatic N) is 3. The van der Waals surface area contributed by atoms with Crippen molar-refractivity contribution in [1.82, 2.24) is 4.98 Å². The van der Waals surface area contributed by atoms with Crippen LogP contribution in [-0.4, -0.2) is 55.2 Å². The van der Waals surface area contributed by atoms with Gasteiger partial charge in [-0.15, -0.1) is 17.9 Å². The SMILES string of the molecule is C=CCN(C(=O)C[NH+]1CCOCC1)c1nc(-c2ccc([N+](=O)[O-])cc2)cs1. The van der Waals surface area contributed by atoms with Crippen molar-refractivity contribution >= 4 is 28.1 Å². The van der Waals surface area contributed by atoms with E-state index in [2.05, 4.69) is 11.6 Å². The van der Waals surface area contributed by atoms with Gasteiger partial charge in [0, 0.05) is 29.6 Å². The number of rotatable bonds is 7. The number of carbonyl (C=O) groups excluding carboxylic acids is 1. The monoisotopic (exact) mass is 389 g/mol. The quantitative estimate of drug-likeness (QED) is 0.436. The van der Waals surface area contributed by atoms with Crippen LogP contribution in [0.4, 0.5) is 10.8 Å². The molecule has 1 amide bonds. The van der Waals surface area contributed by atoms with Crippen molar-refractivity contribution in [3.63, 3.8) is 0 Å². The molecule has 9 heteroatoms. The van der Waals surface area contributed by atoms with Gasteiger partial charge in [-0.05, 0) is 12.1 Å². The predicted molar refractivity (Wildman–Crippen MR) is 103 cm³/mol. The van der Waals surface area contributed by atoms with Crippen LogP contribution in [0.25, 0.3) is 11.3 Å². The third kappa shape index (κ3) is 4.76.